The van der Waals surface area contributed by atoms with E-state index in [0.717, 1.165) is 10.0 Å². The van der Waals surface area contributed by atoms with E-state index in [9.17, 15) is 8.42 Å². The molecule has 0 unspecified atom stereocenters. The first-order chi connectivity index (χ1) is 8.43. The van der Waals surface area contributed by atoms with E-state index >= 15 is 0 Å². The Hall–Kier alpha value is -0.690. The van der Waals surface area contributed by atoms with Gasteiger partial charge in [-0.3, -0.25) is 0 Å². The van der Waals surface area contributed by atoms with Crippen molar-refractivity contribution in [2.45, 2.75) is 11.8 Å². The van der Waals surface area contributed by atoms with Gasteiger partial charge in [-0.2, -0.15) is 4.31 Å². The minimum atomic E-state index is -3.59. The van der Waals surface area contributed by atoms with Crippen molar-refractivity contribution in [3.63, 3.8) is 0 Å². The Morgan fingerprint density at radius 2 is 2.17 bits per heavy atom. The van der Waals surface area contributed by atoms with Crippen LogP contribution < -0.4 is 0 Å². The summed E-state index contributed by atoms with van der Waals surface area (Å²) in [4.78, 5) is 0.204. The Morgan fingerprint density at radius 1 is 1.50 bits per heavy atom. The Labute approximate surface area is 116 Å². The van der Waals surface area contributed by atoms with Gasteiger partial charge in [-0.1, -0.05) is 28.1 Å². The summed E-state index contributed by atoms with van der Waals surface area (Å²) in [6.45, 7) is 5.42. The summed E-state index contributed by atoms with van der Waals surface area (Å²) in [5, 5.41) is 8.92. The average molecular weight is 334 g/mol. The number of rotatable bonds is 6. The van der Waals surface area contributed by atoms with Gasteiger partial charge in [0, 0.05) is 17.6 Å². The van der Waals surface area contributed by atoms with Crippen LogP contribution in [-0.2, 0) is 10.0 Å². The minimum absolute atomic E-state index is 0.0554. The highest BCUT2D eigenvalue weighted by Gasteiger charge is 2.23. The quantitative estimate of drug-likeness (QED) is 0.809. The molecule has 1 N–H and O–H groups in total. The second-order valence-corrected chi connectivity index (χ2v) is 6.58. The van der Waals surface area contributed by atoms with Crippen LogP contribution in [0.25, 0.3) is 0 Å². The van der Waals surface area contributed by atoms with E-state index in [1.807, 2.05) is 6.92 Å². The monoisotopic (exact) mass is 333 g/mol. The molecule has 4 nitrogen and oxygen atoms in total. The highest BCUT2D eigenvalue weighted by atomic mass is 79.9. The second kappa shape index (κ2) is 6.47. The Bertz CT molecular complexity index is 528. The van der Waals surface area contributed by atoms with Crippen molar-refractivity contribution in [3.05, 3.63) is 40.9 Å². The molecule has 0 spiro atoms. The third-order valence-corrected chi connectivity index (χ3v) is 5.18. The molecule has 0 amide bonds. The van der Waals surface area contributed by atoms with Gasteiger partial charge >= 0.3 is 0 Å². The van der Waals surface area contributed by atoms with E-state index in [2.05, 4.69) is 22.5 Å². The molecule has 0 saturated heterocycles. The van der Waals surface area contributed by atoms with Crippen LogP contribution in [0.1, 0.15) is 5.56 Å². The molecule has 0 radical (unpaired) electrons. The summed E-state index contributed by atoms with van der Waals surface area (Å²) in [5.74, 6) is 0. The molecule has 1 aromatic carbocycles. The van der Waals surface area contributed by atoms with Crippen molar-refractivity contribution in [2.24, 2.45) is 0 Å². The van der Waals surface area contributed by atoms with Crippen molar-refractivity contribution in [3.8, 4) is 0 Å². The van der Waals surface area contributed by atoms with Gasteiger partial charge in [-0.05, 0) is 24.6 Å². The highest BCUT2D eigenvalue weighted by molar-refractivity contribution is 9.10. The number of hydrogen-bond donors (Lipinski definition) is 1. The Kier molecular flexibility index (Phi) is 5.52. The molecule has 6 heteroatoms. The van der Waals surface area contributed by atoms with Crippen LogP contribution in [0.5, 0.6) is 0 Å². The van der Waals surface area contributed by atoms with Gasteiger partial charge in [0.1, 0.15) is 0 Å². The first kappa shape index (κ1) is 15.4. The molecule has 1 aromatic rings. The van der Waals surface area contributed by atoms with Crippen molar-refractivity contribution >= 4 is 26.0 Å². The zero-order valence-corrected chi connectivity index (χ0v) is 12.5. The molecule has 0 aliphatic carbocycles. The molecule has 1 rings (SSSR count). The molecule has 0 aromatic heterocycles. The van der Waals surface area contributed by atoms with Gasteiger partial charge in [0.2, 0.25) is 10.0 Å². The van der Waals surface area contributed by atoms with E-state index in [-0.39, 0.29) is 24.6 Å². The summed E-state index contributed by atoms with van der Waals surface area (Å²) >= 11 is 3.31. The smallest absolute Gasteiger partial charge is 0.243 e. The molecule has 100 valence electrons. The lowest BCUT2D eigenvalue weighted by molar-refractivity contribution is 0.260. The fraction of sp³-hybridized carbons (Fsp3) is 0.333. The molecular formula is C12H16BrNO3S. The number of hydrogen-bond acceptors (Lipinski definition) is 3. The molecule has 0 aliphatic heterocycles. The molecule has 18 heavy (non-hydrogen) atoms. The van der Waals surface area contributed by atoms with Gasteiger partial charge < -0.3 is 5.11 Å². The predicted molar refractivity (Wildman–Crippen MR) is 74.9 cm³/mol. The molecular weight excluding hydrogens is 318 g/mol. The molecule has 0 fully saturated rings. The SMILES string of the molecule is C=CCN(CCO)S(=O)(=O)c1ccc(C)c(Br)c1. The zero-order chi connectivity index (χ0) is 13.8. The number of aliphatic hydroxyl groups excluding tert-OH is 1. The lowest BCUT2D eigenvalue weighted by atomic mass is 10.2. The molecule has 0 atom stereocenters. The van der Waals surface area contributed by atoms with Crippen molar-refractivity contribution < 1.29 is 13.5 Å². The van der Waals surface area contributed by atoms with Gasteiger partial charge in [-0.25, -0.2) is 8.42 Å². The van der Waals surface area contributed by atoms with Crippen LogP contribution in [0.4, 0.5) is 0 Å². The van der Waals surface area contributed by atoms with E-state index in [1.165, 1.54) is 10.4 Å². The number of aliphatic hydroxyl groups is 1. The Morgan fingerprint density at radius 3 is 2.67 bits per heavy atom. The molecule has 0 aliphatic rings. The van der Waals surface area contributed by atoms with Gasteiger partial charge in [-0.15, -0.1) is 6.58 Å². The van der Waals surface area contributed by atoms with Gasteiger partial charge in [0.25, 0.3) is 0 Å². The van der Waals surface area contributed by atoms with Crippen LogP contribution in [0.3, 0.4) is 0 Å². The molecule has 0 heterocycles. The van der Waals surface area contributed by atoms with Crippen LogP contribution in [0, 0.1) is 6.92 Å². The zero-order valence-electron chi connectivity index (χ0n) is 10.1. The maximum Gasteiger partial charge on any atom is 0.243 e. The number of nitrogens with zero attached hydrogens (tertiary/aromatic N) is 1. The Balaban J connectivity index is 3.17. The first-order valence-corrected chi connectivity index (χ1v) is 7.65. The predicted octanol–water partition coefficient (Wildman–Crippen LogP) is 1.93. The van der Waals surface area contributed by atoms with Crippen molar-refractivity contribution in [2.75, 3.05) is 19.7 Å². The topological polar surface area (TPSA) is 57.6 Å². The minimum Gasteiger partial charge on any atom is -0.395 e. The fourth-order valence-electron chi connectivity index (χ4n) is 1.45. The average Bonchev–Trinajstić information content (AvgIpc) is 2.32. The lowest BCUT2D eigenvalue weighted by Crippen LogP contribution is -2.33. The van der Waals surface area contributed by atoms with E-state index in [0.29, 0.717) is 0 Å². The fourth-order valence-corrected chi connectivity index (χ4v) is 3.41. The van der Waals surface area contributed by atoms with Crippen molar-refractivity contribution in [1.82, 2.24) is 4.31 Å². The van der Waals surface area contributed by atoms with Crippen LogP contribution in [-0.4, -0.2) is 37.5 Å². The second-order valence-electron chi connectivity index (χ2n) is 3.79. The number of sulfonamides is 1. The summed E-state index contributed by atoms with van der Waals surface area (Å²) in [6, 6.07) is 4.86. The highest BCUT2D eigenvalue weighted by Crippen LogP contribution is 2.23. The lowest BCUT2D eigenvalue weighted by Gasteiger charge is -2.19. The molecule has 0 saturated carbocycles. The van der Waals surface area contributed by atoms with E-state index < -0.39 is 10.0 Å². The van der Waals surface area contributed by atoms with Crippen LogP contribution >= 0.6 is 15.9 Å². The number of aryl methyl sites for hydroxylation is 1. The van der Waals surface area contributed by atoms with Gasteiger partial charge in [0.15, 0.2) is 0 Å². The number of halogens is 1. The summed E-state index contributed by atoms with van der Waals surface area (Å²) in [6.07, 6.45) is 1.50. The standard InChI is InChI=1S/C12H16BrNO3S/c1-3-6-14(7-8-15)18(16,17)11-5-4-10(2)12(13)9-11/h3-5,9,15H,1,6-8H2,2H3. The largest absolute Gasteiger partial charge is 0.395 e. The van der Waals surface area contributed by atoms with E-state index in [4.69, 9.17) is 5.11 Å². The summed E-state index contributed by atoms with van der Waals surface area (Å²) in [5.41, 5.74) is 0.964. The third-order valence-electron chi connectivity index (χ3n) is 2.46. The van der Waals surface area contributed by atoms with E-state index in [1.54, 1.807) is 18.2 Å². The van der Waals surface area contributed by atoms with Gasteiger partial charge in [0.05, 0.1) is 11.5 Å². The maximum atomic E-state index is 12.3. The summed E-state index contributed by atoms with van der Waals surface area (Å²) in [7, 11) is -3.59. The van der Waals surface area contributed by atoms with Crippen molar-refractivity contribution in [1.29, 1.82) is 0 Å². The first-order valence-electron chi connectivity index (χ1n) is 5.41. The maximum absolute atomic E-state index is 12.3. The number of benzene rings is 1. The van der Waals surface area contributed by atoms with Crippen LogP contribution in [0.15, 0.2) is 40.2 Å². The molecule has 0 bridgehead atoms. The third kappa shape index (κ3) is 3.41. The summed E-state index contributed by atoms with van der Waals surface area (Å²) < 4.78 is 26.6. The van der Waals surface area contributed by atoms with Crippen LogP contribution in [0.2, 0.25) is 0 Å². The normalized spacial score (nSPS) is 11.8.